The van der Waals surface area contributed by atoms with Crippen LogP contribution in [-0.2, 0) is 11.3 Å². The molecule has 1 rings (SSSR count). The zero-order valence-corrected chi connectivity index (χ0v) is 13.9. The highest BCUT2D eigenvalue weighted by Crippen LogP contribution is 2.13. The Hall–Kier alpha value is -1.06. The fraction of sp³-hybridized carbons (Fsp3) is 0.667. The normalized spacial score (nSPS) is 12.3. The predicted molar refractivity (Wildman–Crippen MR) is 88.9 cm³/mol. The van der Waals surface area contributed by atoms with Crippen LogP contribution in [-0.4, -0.2) is 26.4 Å². The topological polar surface area (TPSA) is 30.5 Å². The monoisotopic (exact) mass is 293 g/mol. The van der Waals surface area contributed by atoms with Crippen molar-refractivity contribution in [1.82, 2.24) is 5.32 Å². The quantitative estimate of drug-likeness (QED) is 0.587. The SMILES string of the molecule is CCCCCCOc1ccc(CNC(CC)COC)cc1. The molecule has 0 spiro atoms. The molecule has 0 radical (unpaired) electrons. The Labute approximate surface area is 130 Å². The van der Waals surface area contributed by atoms with Crippen LogP contribution in [0.1, 0.15) is 51.5 Å². The number of methoxy groups -OCH3 is 1. The summed E-state index contributed by atoms with van der Waals surface area (Å²) < 4.78 is 10.9. The van der Waals surface area contributed by atoms with Gasteiger partial charge in [0.1, 0.15) is 5.75 Å². The molecule has 120 valence electrons. The highest BCUT2D eigenvalue weighted by molar-refractivity contribution is 5.27. The minimum absolute atomic E-state index is 0.421. The molecule has 1 N–H and O–H groups in total. The van der Waals surface area contributed by atoms with Crippen LogP contribution in [0.15, 0.2) is 24.3 Å². The zero-order chi connectivity index (χ0) is 15.3. The van der Waals surface area contributed by atoms with E-state index in [1.54, 1.807) is 7.11 Å². The molecule has 1 aromatic carbocycles. The molecule has 0 aliphatic heterocycles. The molecular weight excluding hydrogens is 262 g/mol. The second kappa shape index (κ2) is 11.6. The lowest BCUT2D eigenvalue weighted by molar-refractivity contribution is 0.164. The molecule has 0 aliphatic carbocycles. The fourth-order valence-corrected chi connectivity index (χ4v) is 2.21. The Balaban J connectivity index is 2.26. The van der Waals surface area contributed by atoms with E-state index in [9.17, 15) is 0 Å². The van der Waals surface area contributed by atoms with Crippen LogP contribution in [0.2, 0.25) is 0 Å². The van der Waals surface area contributed by atoms with Gasteiger partial charge in [-0.3, -0.25) is 0 Å². The number of rotatable bonds is 12. The first kappa shape index (κ1) is 18.0. The molecule has 1 unspecified atom stereocenters. The van der Waals surface area contributed by atoms with Gasteiger partial charge < -0.3 is 14.8 Å². The number of hydrogen-bond donors (Lipinski definition) is 1. The van der Waals surface area contributed by atoms with Gasteiger partial charge in [-0.05, 0) is 30.5 Å². The lowest BCUT2D eigenvalue weighted by Gasteiger charge is -2.16. The van der Waals surface area contributed by atoms with Gasteiger partial charge in [0.15, 0.2) is 0 Å². The van der Waals surface area contributed by atoms with E-state index in [0.29, 0.717) is 6.04 Å². The molecule has 0 fully saturated rings. The molecule has 21 heavy (non-hydrogen) atoms. The molecule has 1 atom stereocenters. The minimum atomic E-state index is 0.421. The van der Waals surface area contributed by atoms with E-state index in [2.05, 4.69) is 43.4 Å². The average molecular weight is 293 g/mol. The Morgan fingerprint density at radius 1 is 1.05 bits per heavy atom. The number of benzene rings is 1. The third-order valence-electron chi connectivity index (χ3n) is 3.65. The van der Waals surface area contributed by atoms with E-state index in [1.807, 2.05) is 0 Å². The lowest BCUT2D eigenvalue weighted by atomic mass is 10.2. The molecule has 0 amide bonds. The highest BCUT2D eigenvalue weighted by Gasteiger charge is 2.04. The van der Waals surface area contributed by atoms with Crippen molar-refractivity contribution in [3.05, 3.63) is 29.8 Å². The number of hydrogen-bond acceptors (Lipinski definition) is 3. The standard InChI is InChI=1S/C18H31NO2/c1-4-6-7-8-13-21-18-11-9-16(10-12-18)14-19-17(5-2)15-20-3/h9-12,17,19H,4-8,13-15H2,1-3H3. The van der Waals surface area contributed by atoms with Gasteiger partial charge in [0.2, 0.25) is 0 Å². The van der Waals surface area contributed by atoms with E-state index in [-0.39, 0.29) is 0 Å². The van der Waals surface area contributed by atoms with Gasteiger partial charge in [0, 0.05) is 19.7 Å². The molecular formula is C18H31NO2. The van der Waals surface area contributed by atoms with Gasteiger partial charge in [0.05, 0.1) is 13.2 Å². The average Bonchev–Trinajstić information content (AvgIpc) is 2.52. The third-order valence-corrected chi connectivity index (χ3v) is 3.65. The van der Waals surface area contributed by atoms with E-state index in [0.717, 1.165) is 38.3 Å². The Morgan fingerprint density at radius 2 is 1.81 bits per heavy atom. The van der Waals surface area contributed by atoms with Crippen LogP contribution in [0.5, 0.6) is 5.75 Å². The van der Waals surface area contributed by atoms with E-state index in [1.165, 1.54) is 24.8 Å². The summed E-state index contributed by atoms with van der Waals surface area (Å²) in [7, 11) is 1.75. The van der Waals surface area contributed by atoms with Crippen molar-refractivity contribution in [3.8, 4) is 5.75 Å². The van der Waals surface area contributed by atoms with Gasteiger partial charge in [-0.15, -0.1) is 0 Å². The van der Waals surface area contributed by atoms with Crippen molar-refractivity contribution in [2.24, 2.45) is 0 Å². The van der Waals surface area contributed by atoms with Gasteiger partial charge in [-0.2, -0.15) is 0 Å². The summed E-state index contributed by atoms with van der Waals surface area (Å²) in [5.74, 6) is 0.971. The summed E-state index contributed by atoms with van der Waals surface area (Å²) in [6.45, 7) is 6.85. The summed E-state index contributed by atoms with van der Waals surface area (Å²) >= 11 is 0. The molecule has 0 heterocycles. The van der Waals surface area contributed by atoms with Crippen LogP contribution in [0.4, 0.5) is 0 Å². The first-order valence-corrected chi connectivity index (χ1v) is 8.24. The van der Waals surface area contributed by atoms with Crippen molar-refractivity contribution in [1.29, 1.82) is 0 Å². The summed E-state index contributed by atoms with van der Waals surface area (Å²) in [6, 6.07) is 8.81. The molecule has 3 heteroatoms. The maximum Gasteiger partial charge on any atom is 0.119 e. The summed E-state index contributed by atoms with van der Waals surface area (Å²) in [5, 5.41) is 3.51. The predicted octanol–water partition coefficient (Wildman–Crippen LogP) is 4.16. The summed E-state index contributed by atoms with van der Waals surface area (Å²) in [6.07, 6.45) is 6.05. The summed E-state index contributed by atoms with van der Waals surface area (Å²) in [4.78, 5) is 0. The zero-order valence-electron chi connectivity index (χ0n) is 13.9. The van der Waals surface area contributed by atoms with Crippen LogP contribution < -0.4 is 10.1 Å². The lowest BCUT2D eigenvalue weighted by Crippen LogP contribution is -2.31. The number of unbranched alkanes of at least 4 members (excludes halogenated alkanes) is 3. The van der Waals surface area contributed by atoms with Crippen LogP contribution in [0, 0.1) is 0 Å². The van der Waals surface area contributed by atoms with Crippen LogP contribution >= 0.6 is 0 Å². The van der Waals surface area contributed by atoms with E-state index >= 15 is 0 Å². The highest BCUT2D eigenvalue weighted by atomic mass is 16.5. The van der Waals surface area contributed by atoms with Gasteiger partial charge in [-0.1, -0.05) is 45.2 Å². The molecule has 0 aromatic heterocycles. The third kappa shape index (κ3) is 8.08. The first-order valence-electron chi connectivity index (χ1n) is 8.24. The summed E-state index contributed by atoms with van der Waals surface area (Å²) in [5.41, 5.74) is 1.28. The smallest absolute Gasteiger partial charge is 0.119 e. The molecule has 0 saturated heterocycles. The van der Waals surface area contributed by atoms with Gasteiger partial charge in [-0.25, -0.2) is 0 Å². The van der Waals surface area contributed by atoms with Crippen molar-refractivity contribution in [3.63, 3.8) is 0 Å². The molecule has 1 aromatic rings. The molecule has 3 nitrogen and oxygen atoms in total. The second-order valence-electron chi connectivity index (χ2n) is 5.49. The van der Waals surface area contributed by atoms with Gasteiger partial charge in [0.25, 0.3) is 0 Å². The van der Waals surface area contributed by atoms with Crippen LogP contribution in [0.25, 0.3) is 0 Å². The maximum absolute atomic E-state index is 5.75. The first-order chi connectivity index (χ1) is 10.3. The number of ether oxygens (including phenoxy) is 2. The van der Waals surface area contributed by atoms with Crippen LogP contribution in [0.3, 0.4) is 0 Å². The fourth-order valence-electron chi connectivity index (χ4n) is 2.21. The van der Waals surface area contributed by atoms with Crippen molar-refractivity contribution in [2.75, 3.05) is 20.3 Å². The Morgan fingerprint density at radius 3 is 2.43 bits per heavy atom. The largest absolute Gasteiger partial charge is 0.494 e. The molecule has 0 saturated carbocycles. The Kier molecular flexibility index (Phi) is 9.92. The van der Waals surface area contributed by atoms with E-state index < -0.39 is 0 Å². The molecule has 0 bridgehead atoms. The van der Waals surface area contributed by atoms with Crippen molar-refractivity contribution < 1.29 is 9.47 Å². The molecule has 0 aliphatic rings. The van der Waals surface area contributed by atoms with E-state index in [4.69, 9.17) is 9.47 Å². The van der Waals surface area contributed by atoms with Crippen molar-refractivity contribution >= 4 is 0 Å². The maximum atomic E-state index is 5.75. The Bertz CT molecular complexity index is 351. The minimum Gasteiger partial charge on any atom is -0.494 e. The second-order valence-corrected chi connectivity index (χ2v) is 5.49. The number of nitrogens with one attached hydrogen (secondary N) is 1. The van der Waals surface area contributed by atoms with Gasteiger partial charge >= 0.3 is 0 Å². The van der Waals surface area contributed by atoms with Crippen molar-refractivity contribution in [2.45, 2.75) is 58.5 Å².